The Balaban J connectivity index is 1.98. The molecule has 7 heteroatoms. The summed E-state index contributed by atoms with van der Waals surface area (Å²) in [6, 6.07) is 12.7. The minimum absolute atomic E-state index is 0.0917. The van der Waals surface area contributed by atoms with Gasteiger partial charge >= 0.3 is 0 Å². The summed E-state index contributed by atoms with van der Waals surface area (Å²) in [5.41, 5.74) is 0.481. The molecule has 0 atom stereocenters. The normalized spacial score (nSPS) is 9.95. The van der Waals surface area contributed by atoms with Crippen molar-refractivity contribution >= 4 is 28.9 Å². The van der Waals surface area contributed by atoms with Crippen molar-refractivity contribution < 1.29 is 14.5 Å². The van der Waals surface area contributed by atoms with Crippen LogP contribution in [0, 0.1) is 10.1 Å². The van der Waals surface area contributed by atoms with Crippen LogP contribution < -0.4 is 10.1 Å². The Morgan fingerprint density at radius 3 is 2.62 bits per heavy atom. The first-order valence-electron chi connectivity index (χ1n) is 5.98. The van der Waals surface area contributed by atoms with Crippen molar-refractivity contribution in [2.45, 2.75) is 0 Å². The predicted molar refractivity (Wildman–Crippen MR) is 78.7 cm³/mol. The van der Waals surface area contributed by atoms with Gasteiger partial charge in [0.2, 0.25) is 0 Å². The molecule has 0 unspecified atom stereocenters. The molecule has 2 aromatic carbocycles. The number of anilines is 1. The van der Waals surface area contributed by atoms with Gasteiger partial charge in [0.05, 0.1) is 16.0 Å². The van der Waals surface area contributed by atoms with Gasteiger partial charge in [0.25, 0.3) is 11.6 Å². The Hall–Kier alpha value is -2.60. The van der Waals surface area contributed by atoms with Crippen LogP contribution in [0.3, 0.4) is 0 Å². The minimum Gasteiger partial charge on any atom is -0.482 e. The van der Waals surface area contributed by atoms with E-state index in [2.05, 4.69) is 5.32 Å². The van der Waals surface area contributed by atoms with E-state index < -0.39 is 4.92 Å². The molecule has 2 rings (SSSR count). The van der Waals surface area contributed by atoms with Crippen LogP contribution in [-0.2, 0) is 4.79 Å². The Kier molecular flexibility index (Phi) is 4.73. The van der Waals surface area contributed by atoms with Crippen molar-refractivity contribution in [3.63, 3.8) is 0 Å². The van der Waals surface area contributed by atoms with Gasteiger partial charge < -0.3 is 10.1 Å². The third-order valence-corrected chi connectivity index (χ3v) is 2.85. The zero-order valence-electron chi connectivity index (χ0n) is 10.8. The topological polar surface area (TPSA) is 81.5 Å². The lowest BCUT2D eigenvalue weighted by Gasteiger charge is -2.08. The number of amides is 1. The highest BCUT2D eigenvalue weighted by Gasteiger charge is 2.12. The lowest BCUT2D eigenvalue weighted by atomic mass is 10.3. The lowest BCUT2D eigenvalue weighted by Crippen LogP contribution is -2.20. The summed E-state index contributed by atoms with van der Waals surface area (Å²) in [6.07, 6.45) is 0. The van der Waals surface area contributed by atoms with E-state index in [9.17, 15) is 14.9 Å². The molecule has 0 heterocycles. The molecule has 0 aromatic heterocycles. The summed E-state index contributed by atoms with van der Waals surface area (Å²) in [6.45, 7) is -0.296. The molecule has 0 aliphatic carbocycles. The molecule has 108 valence electrons. The van der Waals surface area contributed by atoms with Crippen LogP contribution in [0.4, 0.5) is 11.4 Å². The zero-order valence-corrected chi connectivity index (χ0v) is 11.5. The first-order valence-corrected chi connectivity index (χ1v) is 6.35. The second kappa shape index (κ2) is 6.71. The maximum absolute atomic E-state index is 11.7. The highest BCUT2D eigenvalue weighted by Crippen LogP contribution is 2.28. The van der Waals surface area contributed by atoms with Gasteiger partial charge in [-0.2, -0.15) is 0 Å². The number of nitrogens with zero attached hydrogens (tertiary/aromatic N) is 1. The quantitative estimate of drug-likeness (QED) is 0.679. The first-order chi connectivity index (χ1) is 10.1. The van der Waals surface area contributed by atoms with Crippen molar-refractivity contribution in [2.75, 3.05) is 11.9 Å². The Morgan fingerprint density at radius 2 is 1.95 bits per heavy atom. The van der Waals surface area contributed by atoms with Crippen molar-refractivity contribution in [3.05, 3.63) is 63.7 Å². The van der Waals surface area contributed by atoms with E-state index in [0.29, 0.717) is 5.69 Å². The maximum atomic E-state index is 11.7. The van der Waals surface area contributed by atoms with Gasteiger partial charge in [-0.15, -0.1) is 0 Å². The minimum atomic E-state index is -0.562. The van der Waals surface area contributed by atoms with Gasteiger partial charge in [0.15, 0.2) is 6.61 Å². The molecule has 21 heavy (non-hydrogen) atoms. The number of para-hydroxylation sites is 1. The number of nitro benzene ring substituents is 1. The summed E-state index contributed by atoms with van der Waals surface area (Å²) in [4.78, 5) is 21.8. The van der Waals surface area contributed by atoms with Gasteiger partial charge in [-0.3, -0.25) is 14.9 Å². The second-order valence-electron chi connectivity index (χ2n) is 4.07. The molecule has 6 nitrogen and oxygen atoms in total. The molecule has 0 spiro atoms. The van der Waals surface area contributed by atoms with Crippen LogP contribution in [0.5, 0.6) is 5.75 Å². The molecule has 0 aliphatic heterocycles. The average Bonchev–Trinajstić information content (AvgIpc) is 2.47. The van der Waals surface area contributed by atoms with E-state index >= 15 is 0 Å². The number of benzene rings is 2. The molecular formula is C14H11ClN2O4. The SMILES string of the molecule is O=C(COc1cc([N+](=O)[O-])ccc1Cl)Nc1ccccc1. The predicted octanol–water partition coefficient (Wildman–Crippen LogP) is 3.27. The molecule has 0 radical (unpaired) electrons. The largest absolute Gasteiger partial charge is 0.482 e. The Bertz CT molecular complexity index is 661. The maximum Gasteiger partial charge on any atom is 0.273 e. The van der Waals surface area contributed by atoms with Crippen LogP contribution in [0.1, 0.15) is 0 Å². The Labute approximate surface area is 125 Å². The van der Waals surface area contributed by atoms with E-state index in [4.69, 9.17) is 16.3 Å². The van der Waals surface area contributed by atoms with Gasteiger partial charge in [0, 0.05) is 11.8 Å². The monoisotopic (exact) mass is 306 g/mol. The number of nitro groups is 1. The van der Waals surface area contributed by atoms with Crippen LogP contribution in [0.2, 0.25) is 5.02 Å². The number of ether oxygens (including phenoxy) is 1. The van der Waals surface area contributed by atoms with Crippen molar-refractivity contribution in [1.82, 2.24) is 0 Å². The number of carbonyl (C=O) groups excluding carboxylic acids is 1. The number of nitrogens with one attached hydrogen (secondary N) is 1. The number of hydrogen-bond acceptors (Lipinski definition) is 4. The summed E-state index contributed by atoms with van der Waals surface area (Å²) in [7, 11) is 0. The summed E-state index contributed by atoms with van der Waals surface area (Å²) >= 11 is 5.87. The van der Waals surface area contributed by atoms with Crippen molar-refractivity contribution in [1.29, 1.82) is 0 Å². The van der Waals surface area contributed by atoms with Crippen molar-refractivity contribution in [2.24, 2.45) is 0 Å². The smallest absolute Gasteiger partial charge is 0.273 e. The first kappa shape index (κ1) is 14.8. The lowest BCUT2D eigenvalue weighted by molar-refractivity contribution is -0.384. The van der Waals surface area contributed by atoms with E-state index in [1.807, 2.05) is 6.07 Å². The van der Waals surface area contributed by atoms with Crippen LogP contribution in [0.15, 0.2) is 48.5 Å². The average molecular weight is 307 g/mol. The van der Waals surface area contributed by atoms with E-state index in [1.165, 1.54) is 18.2 Å². The number of hydrogen-bond donors (Lipinski definition) is 1. The molecule has 2 aromatic rings. The van der Waals surface area contributed by atoms with Gasteiger partial charge in [0.1, 0.15) is 5.75 Å². The number of halogens is 1. The summed E-state index contributed by atoms with van der Waals surface area (Å²) in [5.74, 6) is -0.294. The molecule has 0 fully saturated rings. The van der Waals surface area contributed by atoms with Gasteiger partial charge in [-0.25, -0.2) is 0 Å². The fourth-order valence-corrected chi connectivity index (χ4v) is 1.75. The molecule has 0 bridgehead atoms. The number of rotatable bonds is 5. The molecule has 1 N–H and O–H groups in total. The summed E-state index contributed by atoms with van der Waals surface area (Å²) < 4.78 is 5.21. The standard InChI is InChI=1S/C14H11ClN2O4/c15-12-7-6-11(17(19)20)8-13(12)21-9-14(18)16-10-4-2-1-3-5-10/h1-8H,9H2,(H,16,18). The molecule has 1 amide bonds. The summed E-state index contributed by atoms with van der Waals surface area (Å²) in [5, 5.41) is 13.5. The third kappa shape index (κ3) is 4.19. The van der Waals surface area contributed by atoms with Crippen LogP contribution in [-0.4, -0.2) is 17.4 Å². The van der Waals surface area contributed by atoms with E-state index in [-0.39, 0.29) is 29.0 Å². The molecular weight excluding hydrogens is 296 g/mol. The van der Waals surface area contributed by atoms with Crippen LogP contribution >= 0.6 is 11.6 Å². The fourth-order valence-electron chi connectivity index (χ4n) is 1.58. The second-order valence-corrected chi connectivity index (χ2v) is 4.48. The molecule has 0 aliphatic rings. The van der Waals surface area contributed by atoms with Crippen LogP contribution in [0.25, 0.3) is 0 Å². The third-order valence-electron chi connectivity index (χ3n) is 2.54. The van der Waals surface area contributed by atoms with Gasteiger partial charge in [-0.1, -0.05) is 29.8 Å². The number of carbonyl (C=O) groups is 1. The highest BCUT2D eigenvalue weighted by molar-refractivity contribution is 6.32. The van der Waals surface area contributed by atoms with E-state index in [1.54, 1.807) is 24.3 Å². The Morgan fingerprint density at radius 1 is 1.24 bits per heavy atom. The van der Waals surface area contributed by atoms with E-state index in [0.717, 1.165) is 0 Å². The highest BCUT2D eigenvalue weighted by atomic mass is 35.5. The number of non-ortho nitro benzene ring substituents is 1. The van der Waals surface area contributed by atoms with Crippen molar-refractivity contribution in [3.8, 4) is 5.75 Å². The molecule has 0 saturated carbocycles. The van der Waals surface area contributed by atoms with Gasteiger partial charge in [-0.05, 0) is 18.2 Å². The molecule has 0 saturated heterocycles. The zero-order chi connectivity index (χ0) is 15.2. The fraction of sp³-hybridized carbons (Fsp3) is 0.0714.